The van der Waals surface area contributed by atoms with E-state index in [1.807, 2.05) is 49.9 Å². The molecule has 0 bridgehead atoms. The number of fused-ring (bicyclic) bond motifs is 3. The minimum atomic E-state index is -0.0621. The zero-order valence-corrected chi connectivity index (χ0v) is 20.3. The zero-order chi connectivity index (χ0) is 22.0. The number of thioether (sulfide) groups is 2. The summed E-state index contributed by atoms with van der Waals surface area (Å²) < 4.78 is 8.12. The average molecular weight is 476 g/mol. The van der Waals surface area contributed by atoms with Gasteiger partial charge in [-0.15, -0.1) is 23.1 Å². The van der Waals surface area contributed by atoms with Crippen molar-refractivity contribution in [3.8, 4) is 11.4 Å². The Morgan fingerprint density at radius 2 is 2.00 bits per heavy atom. The first-order valence-corrected chi connectivity index (χ1v) is 13.1. The van der Waals surface area contributed by atoms with Gasteiger partial charge in [0.25, 0.3) is 5.56 Å². The highest BCUT2D eigenvalue weighted by Gasteiger charge is 2.24. The maximum Gasteiger partial charge on any atom is 0.267 e. The third-order valence-corrected chi connectivity index (χ3v) is 8.78. The number of benzene rings is 1. The van der Waals surface area contributed by atoms with Crippen molar-refractivity contribution >= 4 is 51.0 Å². The summed E-state index contributed by atoms with van der Waals surface area (Å²) in [5, 5.41) is 1.27. The summed E-state index contributed by atoms with van der Waals surface area (Å²) in [4.78, 5) is 33.7. The monoisotopic (exact) mass is 475 g/mol. The Labute approximate surface area is 194 Å². The molecule has 6 nitrogen and oxygen atoms in total. The van der Waals surface area contributed by atoms with E-state index in [1.165, 1.54) is 16.0 Å². The molecule has 164 valence electrons. The van der Waals surface area contributed by atoms with Gasteiger partial charge in [0.05, 0.1) is 28.1 Å². The first kappa shape index (κ1) is 22.2. The first-order chi connectivity index (χ1) is 15.1. The van der Waals surface area contributed by atoms with E-state index < -0.39 is 0 Å². The normalized spacial score (nSPS) is 13.3. The SMILES string of the molecule is CCN(CC)C(=O)CSc1nc2sc3c(c2c(=O)n1-c1ccc(OC)cc1)CCCS3. The molecule has 2 aromatic heterocycles. The van der Waals surface area contributed by atoms with Crippen LogP contribution in [-0.2, 0) is 11.2 Å². The van der Waals surface area contributed by atoms with E-state index in [2.05, 4.69) is 0 Å². The molecule has 1 aliphatic rings. The van der Waals surface area contributed by atoms with Crippen LogP contribution in [0.15, 0.2) is 38.4 Å². The quantitative estimate of drug-likeness (QED) is 0.371. The second-order valence-electron chi connectivity index (χ2n) is 7.09. The van der Waals surface area contributed by atoms with Gasteiger partial charge in [-0.1, -0.05) is 11.8 Å². The molecule has 3 heterocycles. The van der Waals surface area contributed by atoms with Crippen LogP contribution < -0.4 is 10.3 Å². The van der Waals surface area contributed by atoms with Gasteiger partial charge in [0.2, 0.25) is 5.91 Å². The van der Waals surface area contributed by atoms with Crippen molar-refractivity contribution in [1.29, 1.82) is 0 Å². The second-order valence-corrected chi connectivity index (χ2v) is 10.4. The van der Waals surface area contributed by atoms with Crippen LogP contribution in [0.4, 0.5) is 0 Å². The molecule has 0 atom stereocenters. The number of thiophene rings is 1. The Hall–Kier alpha value is -1.97. The van der Waals surface area contributed by atoms with Gasteiger partial charge >= 0.3 is 0 Å². The third-order valence-electron chi connectivity index (χ3n) is 5.33. The topological polar surface area (TPSA) is 64.4 Å². The van der Waals surface area contributed by atoms with Crippen LogP contribution in [0.25, 0.3) is 15.9 Å². The Bertz CT molecular complexity index is 1150. The molecule has 1 aromatic carbocycles. The number of hydrogen-bond donors (Lipinski definition) is 0. The molecule has 0 spiro atoms. The minimum Gasteiger partial charge on any atom is -0.497 e. The lowest BCUT2D eigenvalue weighted by atomic mass is 10.1. The van der Waals surface area contributed by atoms with E-state index in [4.69, 9.17) is 9.72 Å². The van der Waals surface area contributed by atoms with Crippen molar-refractivity contribution in [2.45, 2.75) is 36.1 Å². The lowest BCUT2D eigenvalue weighted by Gasteiger charge is -2.19. The van der Waals surface area contributed by atoms with E-state index in [0.717, 1.165) is 45.8 Å². The van der Waals surface area contributed by atoms with E-state index in [-0.39, 0.29) is 17.2 Å². The fourth-order valence-electron chi connectivity index (χ4n) is 3.67. The molecule has 0 radical (unpaired) electrons. The molecule has 31 heavy (non-hydrogen) atoms. The van der Waals surface area contributed by atoms with Gasteiger partial charge in [0, 0.05) is 13.1 Å². The van der Waals surface area contributed by atoms with Crippen LogP contribution in [0, 0.1) is 0 Å². The molecule has 0 unspecified atom stereocenters. The summed E-state index contributed by atoms with van der Waals surface area (Å²) in [5.74, 6) is 2.09. The molecule has 1 aliphatic heterocycles. The summed E-state index contributed by atoms with van der Waals surface area (Å²) in [6.45, 7) is 5.28. The fourth-order valence-corrected chi connectivity index (χ4v) is 7.16. The third kappa shape index (κ3) is 4.36. The largest absolute Gasteiger partial charge is 0.497 e. The van der Waals surface area contributed by atoms with Crippen LogP contribution in [0.5, 0.6) is 5.75 Å². The smallest absolute Gasteiger partial charge is 0.267 e. The molecule has 1 amide bonds. The van der Waals surface area contributed by atoms with Gasteiger partial charge in [-0.25, -0.2) is 4.98 Å². The molecule has 0 aliphatic carbocycles. The molecule has 0 fully saturated rings. The molecule has 9 heteroatoms. The highest BCUT2D eigenvalue weighted by atomic mass is 32.2. The Morgan fingerprint density at radius 1 is 1.26 bits per heavy atom. The van der Waals surface area contributed by atoms with Crippen molar-refractivity contribution in [1.82, 2.24) is 14.5 Å². The predicted octanol–water partition coefficient (Wildman–Crippen LogP) is 4.45. The number of hydrogen-bond acceptors (Lipinski definition) is 7. The summed E-state index contributed by atoms with van der Waals surface area (Å²) in [6, 6.07) is 7.38. The van der Waals surface area contributed by atoms with Crippen LogP contribution in [0.1, 0.15) is 25.8 Å². The second kappa shape index (κ2) is 9.67. The Morgan fingerprint density at radius 3 is 2.68 bits per heavy atom. The Balaban J connectivity index is 1.82. The van der Waals surface area contributed by atoms with Crippen LogP contribution >= 0.6 is 34.9 Å². The summed E-state index contributed by atoms with van der Waals surface area (Å²) in [7, 11) is 1.62. The van der Waals surface area contributed by atoms with Gasteiger partial charge in [-0.05, 0) is 62.3 Å². The maximum atomic E-state index is 13.7. The number of methoxy groups -OCH3 is 1. The lowest BCUT2D eigenvalue weighted by Crippen LogP contribution is -2.32. The average Bonchev–Trinajstić information content (AvgIpc) is 3.17. The summed E-state index contributed by atoms with van der Waals surface area (Å²) >= 11 is 4.73. The molecule has 0 N–H and O–H groups in total. The van der Waals surface area contributed by atoms with Gasteiger partial charge in [-0.3, -0.25) is 14.2 Å². The Kier molecular flexibility index (Phi) is 6.93. The molecule has 3 aromatic rings. The van der Waals surface area contributed by atoms with Crippen molar-refractivity contribution in [3.05, 3.63) is 40.2 Å². The van der Waals surface area contributed by atoms with Gasteiger partial charge in [0.1, 0.15) is 10.6 Å². The number of aromatic nitrogens is 2. The number of ether oxygens (including phenoxy) is 1. The van der Waals surface area contributed by atoms with E-state index >= 15 is 0 Å². The highest BCUT2D eigenvalue weighted by molar-refractivity contribution is 8.01. The summed E-state index contributed by atoms with van der Waals surface area (Å²) in [6.07, 6.45) is 1.98. The molecular formula is C22H25N3O3S3. The van der Waals surface area contributed by atoms with E-state index in [9.17, 15) is 9.59 Å². The van der Waals surface area contributed by atoms with E-state index in [1.54, 1.807) is 27.9 Å². The number of amides is 1. The standard InChI is InChI=1S/C22H25N3O3S3/c1-4-24(5-2)17(26)13-30-22-23-19-18(16-7-6-12-29-21(16)31-19)20(27)25(22)14-8-10-15(28-3)11-9-14/h8-11H,4-7,12-13H2,1-3H3. The minimum absolute atomic E-state index is 0.0478. The molecule has 0 saturated heterocycles. The molecular weight excluding hydrogens is 450 g/mol. The number of aryl methyl sites for hydroxylation is 1. The highest BCUT2D eigenvalue weighted by Crippen LogP contribution is 2.41. The number of carbonyl (C=O) groups excluding carboxylic acids is 1. The zero-order valence-electron chi connectivity index (χ0n) is 17.8. The maximum absolute atomic E-state index is 13.7. The number of carbonyl (C=O) groups is 1. The van der Waals surface area contributed by atoms with Gasteiger partial charge < -0.3 is 9.64 Å². The first-order valence-electron chi connectivity index (χ1n) is 10.3. The van der Waals surface area contributed by atoms with Crippen LogP contribution in [0.2, 0.25) is 0 Å². The van der Waals surface area contributed by atoms with Crippen LogP contribution in [0.3, 0.4) is 0 Å². The fraction of sp³-hybridized carbons (Fsp3) is 0.409. The molecule has 4 rings (SSSR count). The summed E-state index contributed by atoms with van der Waals surface area (Å²) in [5.41, 5.74) is 1.79. The van der Waals surface area contributed by atoms with Crippen molar-refractivity contribution in [2.24, 2.45) is 0 Å². The lowest BCUT2D eigenvalue weighted by molar-refractivity contribution is -0.127. The van der Waals surface area contributed by atoms with Crippen molar-refractivity contribution < 1.29 is 9.53 Å². The van der Waals surface area contributed by atoms with Gasteiger partial charge in [-0.2, -0.15) is 0 Å². The molecule has 0 saturated carbocycles. The van der Waals surface area contributed by atoms with Gasteiger partial charge in [0.15, 0.2) is 5.16 Å². The number of rotatable bonds is 7. The van der Waals surface area contributed by atoms with Crippen molar-refractivity contribution in [3.63, 3.8) is 0 Å². The number of nitrogens with zero attached hydrogens (tertiary/aromatic N) is 3. The van der Waals surface area contributed by atoms with E-state index in [0.29, 0.717) is 18.2 Å². The van der Waals surface area contributed by atoms with Crippen molar-refractivity contribution in [2.75, 3.05) is 31.7 Å². The van der Waals surface area contributed by atoms with Crippen LogP contribution in [-0.4, -0.2) is 52.1 Å². The predicted molar refractivity (Wildman–Crippen MR) is 129 cm³/mol.